The molecule has 3 rings (SSSR count). The SMILES string of the molecule is CCCCN1CC2CC(C1)N2. The third-order valence-electron chi connectivity index (χ3n) is 2.83. The van der Waals surface area contributed by atoms with Crippen LogP contribution < -0.4 is 5.32 Å². The molecule has 2 heteroatoms. The number of rotatable bonds is 3. The Hall–Kier alpha value is -0.0800. The van der Waals surface area contributed by atoms with Gasteiger partial charge in [0.25, 0.3) is 0 Å². The summed E-state index contributed by atoms with van der Waals surface area (Å²) in [4.78, 5) is 2.61. The zero-order chi connectivity index (χ0) is 7.68. The number of hydrogen-bond donors (Lipinski definition) is 1. The Morgan fingerprint density at radius 3 is 2.55 bits per heavy atom. The summed E-state index contributed by atoms with van der Waals surface area (Å²) in [6, 6.07) is 1.68. The first-order valence-corrected chi connectivity index (χ1v) is 4.87. The van der Waals surface area contributed by atoms with Gasteiger partial charge >= 0.3 is 0 Å². The van der Waals surface area contributed by atoms with Crippen LogP contribution in [0.4, 0.5) is 0 Å². The summed E-state index contributed by atoms with van der Waals surface area (Å²) >= 11 is 0. The molecule has 2 unspecified atom stereocenters. The first-order chi connectivity index (χ1) is 5.38. The lowest BCUT2D eigenvalue weighted by Crippen LogP contribution is -2.66. The Bertz CT molecular complexity index is 120. The molecule has 0 saturated carbocycles. The molecule has 0 aromatic carbocycles. The van der Waals surface area contributed by atoms with Crippen molar-refractivity contribution in [1.29, 1.82) is 0 Å². The van der Waals surface area contributed by atoms with Gasteiger partial charge in [0, 0.05) is 25.2 Å². The van der Waals surface area contributed by atoms with Gasteiger partial charge in [-0.2, -0.15) is 0 Å². The normalized spacial score (nSPS) is 36.8. The quantitative estimate of drug-likeness (QED) is 0.648. The maximum Gasteiger partial charge on any atom is 0.0213 e. The van der Waals surface area contributed by atoms with E-state index in [-0.39, 0.29) is 0 Å². The molecule has 3 heterocycles. The minimum atomic E-state index is 0.839. The molecule has 3 saturated heterocycles. The van der Waals surface area contributed by atoms with Gasteiger partial charge in [0.2, 0.25) is 0 Å². The fourth-order valence-electron chi connectivity index (χ4n) is 2.17. The standard InChI is InChI=1S/C9H18N2/c1-2-3-4-11-6-8-5-9(7-11)10-8/h8-10H,2-7H2,1H3. The zero-order valence-corrected chi connectivity index (χ0v) is 7.34. The van der Waals surface area contributed by atoms with E-state index in [1.807, 2.05) is 0 Å². The van der Waals surface area contributed by atoms with E-state index in [1.165, 1.54) is 38.9 Å². The summed E-state index contributed by atoms with van der Waals surface area (Å²) in [5.41, 5.74) is 0. The van der Waals surface area contributed by atoms with Gasteiger partial charge in [0.1, 0.15) is 0 Å². The van der Waals surface area contributed by atoms with Crippen molar-refractivity contribution in [3.63, 3.8) is 0 Å². The summed E-state index contributed by atoms with van der Waals surface area (Å²) in [6.07, 6.45) is 4.14. The van der Waals surface area contributed by atoms with Crippen LogP contribution in [-0.2, 0) is 0 Å². The number of nitrogens with one attached hydrogen (secondary N) is 1. The lowest BCUT2D eigenvalue weighted by atomic mass is 9.91. The number of nitrogens with zero attached hydrogens (tertiary/aromatic N) is 1. The summed E-state index contributed by atoms with van der Waals surface area (Å²) in [7, 11) is 0. The van der Waals surface area contributed by atoms with E-state index in [4.69, 9.17) is 0 Å². The second kappa shape index (κ2) is 3.11. The van der Waals surface area contributed by atoms with Crippen LogP contribution in [0, 0.1) is 0 Å². The first-order valence-electron chi connectivity index (χ1n) is 4.87. The maximum atomic E-state index is 3.54. The number of hydrogen-bond acceptors (Lipinski definition) is 2. The topological polar surface area (TPSA) is 15.3 Å². The highest BCUT2D eigenvalue weighted by atomic mass is 15.3. The van der Waals surface area contributed by atoms with E-state index in [1.54, 1.807) is 0 Å². The lowest BCUT2D eigenvalue weighted by Gasteiger charge is -2.48. The Kier molecular flexibility index (Phi) is 2.14. The molecule has 11 heavy (non-hydrogen) atoms. The fourth-order valence-corrected chi connectivity index (χ4v) is 2.17. The molecule has 0 amide bonds. The molecule has 0 radical (unpaired) electrons. The van der Waals surface area contributed by atoms with Crippen LogP contribution in [0.2, 0.25) is 0 Å². The summed E-state index contributed by atoms with van der Waals surface area (Å²) in [6.45, 7) is 6.20. The fraction of sp³-hybridized carbons (Fsp3) is 1.00. The zero-order valence-electron chi connectivity index (χ0n) is 7.34. The van der Waals surface area contributed by atoms with Crippen molar-refractivity contribution in [1.82, 2.24) is 10.2 Å². The third-order valence-corrected chi connectivity index (χ3v) is 2.83. The summed E-state index contributed by atoms with van der Waals surface area (Å²) < 4.78 is 0. The Balaban J connectivity index is 1.70. The Morgan fingerprint density at radius 2 is 2.00 bits per heavy atom. The summed E-state index contributed by atoms with van der Waals surface area (Å²) in [5.74, 6) is 0. The molecule has 0 aromatic rings. The van der Waals surface area contributed by atoms with Crippen molar-refractivity contribution in [2.45, 2.75) is 38.3 Å². The van der Waals surface area contributed by atoms with E-state index in [9.17, 15) is 0 Å². The molecule has 1 N–H and O–H groups in total. The largest absolute Gasteiger partial charge is 0.309 e. The lowest BCUT2D eigenvalue weighted by molar-refractivity contribution is 0.0771. The van der Waals surface area contributed by atoms with Crippen LogP contribution in [0.15, 0.2) is 0 Å². The van der Waals surface area contributed by atoms with Gasteiger partial charge in [0.05, 0.1) is 0 Å². The van der Waals surface area contributed by atoms with Crippen LogP contribution in [-0.4, -0.2) is 36.6 Å². The number of fused-ring (bicyclic) bond motifs is 2. The van der Waals surface area contributed by atoms with Gasteiger partial charge in [-0.1, -0.05) is 13.3 Å². The van der Waals surface area contributed by atoms with Gasteiger partial charge in [0.15, 0.2) is 0 Å². The molecular formula is C9H18N2. The van der Waals surface area contributed by atoms with Crippen LogP contribution >= 0.6 is 0 Å². The van der Waals surface area contributed by atoms with Crippen LogP contribution in [0.3, 0.4) is 0 Å². The van der Waals surface area contributed by atoms with Gasteiger partial charge in [-0.05, 0) is 19.4 Å². The van der Waals surface area contributed by atoms with Crippen molar-refractivity contribution in [3.8, 4) is 0 Å². The molecule has 0 spiro atoms. The van der Waals surface area contributed by atoms with Crippen molar-refractivity contribution in [3.05, 3.63) is 0 Å². The molecule has 2 atom stereocenters. The molecule has 2 bridgehead atoms. The van der Waals surface area contributed by atoms with Crippen molar-refractivity contribution < 1.29 is 0 Å². The van der Waals surface area contributed by atoms with Gasteiger partial charge in [-0.3, -0.25) is 0 Å². The Labute approximate surface area is 69.0 Å². The highest BCUT2D eigenvalue weighted by Gasteiger charge is 2.35. The molecular weight excluding hydrogens is 136 g/mol. The van der Waals surface area contributed by atoms with Crippen molar-refractivity contribution in [2.24, 2.45) is 0 Å². The van der Waals surface area contributed by atoms with Gasteiger partial charge in [-0.25, -0.2) is 0 Å². The number of piperazine rings is 1. The summed E-state index contributed by atoms with van der Waals surface area (Å²) in [5, 5.41) is 3.54. The van der Waals surface area contributed by atoms with Crippen LogP contribution in [0.25, 0.3) is 0 Å². The molecule has 64 valence electrons. The molecule has 3 aliphatic rings. The van der Waals surface area contributed by atoms with E-state index in [0.717, 1.165) is 12.1 Å². The first kappa shape index (κ1) is 7.56. The number of piperidine rings is 1. The average Bonchev–Trinajstić information content (AvgIpc) is 2.00. The van der Waals surface area contributed by atoms with Gasteiger partial charge < -0.3 is 10.2 Å². The molecule has 0 aliphatic carbocycles. The smallest absolute Gasteiger partial charge is 0.0213 e. The number of unbranched alkanes of at least 4 members (excludes halogenated alkanes) is 1. The van der Waals surface area contributed by atoms with E-state index < -0.39 is 0 Å². The minimum Gasteiger partial charge on any atom is -0.309 e. The highest BCUT2D eigenvalue weighted by molar-refractivity contribution is 4.97. The van der Waals surface area contributed by atoms with Gasteiger partial charge in [-0.15, -0.1) is 0 Å². The second-order valence-electron chi connectivity index (χ2n) is 3.91. The third kappa shape index (κ3) is 1.57. The Morgan fingerprint density at radius 1 is 1.36 bits per heavy atom. The van der Waals surface area contributed by atoms with Crippen LogP contribution in [0.5, 0.6) is 0 Å². The predicted octanol–water partition coefficient (Wildman–Crippen LogP) is 0.833. The van der Waals surface area contributed by atoms with Crippen molar-refractivity contribution in [2.75, 3.05) is 19.6 Å². The minimum absolute atomic E-state index is 0.839. The predicted molar refractivity (Wildman–Crippen MR) is 46.7 cm³/mol. The highest BCUT2D eigenvalue weighted by Crippen LogP contribution is 2.20. The monoisotopic (exact) mass is 154 g/mol. The molecule has 3 aliphatic heterocycles. The van der Waals surface area contributed by atoms with Crippen molar-refractivity contribution >= 4 is 0 Å². The average molecular weight is 154 g/mol. The second-order valence-corrected chi connectivity index (χ2v) is 3.91. The molecule has 3 fully saturated rings. The van der Waals surface area contributed by atoms with E-state index in [2.05, 4.69) is 17.1 Å². The van der Waals surface area contributed by atoms with E-state index in [0.29, 0.717) is 0 Å². The molecule has 2 nitrogen and oxygen atoms in total. The maximum absolute atomic E-state index is 3.54. The van der Waals surface area contributed by atoms with E-state index >= 15 is 0 Å². The molecule has 0 aromatic heterocycles. The van der Waals surface area contributed by atoms with Crippen LogP contribution in [0.1, 0.15) is 26.2 Å².